The molecule has 6 heteroatoms. The average Bonchev–Trinajstić information content (AvgIpc) is 2.86. The molecule has 2 aliphatic rings. The lowest BCUT2D eigenvalue weighted by atomic mass is 10.0. The first-order valence-corrected chi connectivity index (χ1v) is 11.8. The summed E-state index contributed by atoms with van der Waals surface area (Å²) in [4.78, 5) is 14.0. The van der Waals surface area contributed by atoms with Gasteiger partial charge in [0, 0.05) is 49.3 Å². The Hall–Kier alpha value is -3.64. The third-order valence-electron chi connectivity index (χ3n) is 6.41. The topological polar surface area (TPSA) is 53.5 Å². The molecule has 6 bridgehead atoms. The first-order chi connectivity index (χ1) is 16.5. The van der Waals surface area contributed by atoms with Gasteiger partial charge in [0.05, 0.1) is 5.69 Å². The summed E-state index contributed by atoms with van der Waals surface area (Å²) in [5, 5.41) is 3.44. The summed E-state index contributed by atoms with van der Waals surface area (Å²) in [5.41, 5.74) is 7.40. The highest BCUT2D eigenvalue weighted by Gasteiger charge is 2.17. The van der Waals surface area contributed by atoms with Crippen molar-refractivity contribution in [2.45, 2.75) is 13.3 Å². The number of benzene rings is 2. The molecule has 0 radical (unpaired) electrons. The summed E-state index contributed by atoms with van der Waals surface area (Å²) in [6.45, 7) is 11.2. The van der Waals surface area contributed by atoms with Gasteiger partial charge in [-0.1, -0.05) is 24.8 Å². The second kappa shape index (κ2) is 9.69. The lowest BCUT2D eigenvalue weighted by Crippen LogP contribution is -2.43. The number of rotatable bonds is 2. The summed E-state index contributed by atoms with van der Waals surface area (Å²) in [7, 11) is 2.17. The second-order valence-electron chi connectivity index (χ2n) is 9.12. The van der Waals surface area contributed by atoms with E-state index in [1.807, 2.05) is 30.3 Å². The Morgan fingerprint density at radius 1 is 1.06 bits per heavy atom. The molecule has 3 heterocycles. The minimum Gasteiger partial charge on any atom is -0.489 e. The lowest BCUT2D eigenvalue weighted by Gasteiger charge is -2.35. The van der Waals surface area contributed by atoms with Gasteiger partial charge in [-0.15, -0.1) is 0 Å². The number of allylic oxidation sites excluding steroid dienone is 1. The number of hydrogen-bond donors (Lipinski definition) is 1. The number of nitrogens with one attached hydrogen (secondary N) is 1. The highest BCUT2D eigenvalue weighted by Crippen LogP contribution is 2.28. The van der Waals surface area contributed by atoms with Crippen molar-refractivity contribution in [3.8, 4) is 17.0 Å². The molecule has 1 N–H and O–H groups in total. The number of nitrogens with zero attached hydrogens (tertiary/aromatic N) is 4. The minimum absolute atomic E-state index is 0.553. The molecule has 1 fully saturated rings. The molecule has 0 aliphatic carbocycles. The Bertz CT molecular complexity index is 1230. The van der Waals surface area contributed by atoms with E-state index in [4.69, 9.17) is 9.72 Å². The van der Waals surface area contributed by atoms with Crippen molar-refractivity contribution in [1.29, 1.82) is 0 Å². The Balaban J connectivity index is 1.52. The molecular formula is C28H31N5O. The predicted molar refractivity (Wildman–Crippen MR) is 138 cm³/mol. The van der Waals surface area contributed by atoms with E-state index in [0.717, 1.165) is 66.6 Å². The van der Waals surface area contributed by atoms with Gasteiger partial charge in [-0.2, -0.15) is 0 Å². The van der Waals surface area contributed by atoms with Crippen molar-refractivity contribution in [3.05, 3.63) is 84.1 Å². The van der Waals surface area contributed by atoms with Gasteiger partial charge < -0.3 is 19.9 Å². The molecule has 1 aromatic heterocycles. The Kier molecular flexibility index (Phi) is 6.32. The minimum atomic E-state index is 0.553. The molecule has 0 amide bonds. The van der Waals surface area contributed by atoms with E-state index in [2.05, 4.69) is 64.9 Å². The van der Waals surface area contributed by atoms with Gasteiger partial charge in [0.15, 0.2) is 0 Å². The zero-order valence-corrected chi connectivity index (χ0v) is 19.9. The van der Waals surface area contributed by atoms with Crippen molar-refractivity contribution < 1.29 is 4.74 Å². The monoisotopic (exact) mass is 453 g/mol. The van der Waals surface area contributed by atoms with Crippen LogP contribution in [0.3, 0.4) is 0 Å². The van der Waals surface area contributed by atoms with Crippen molar-refractivity contribution in [1.82, 2.24) is 19.8 Å². The van der Waals surface area contributed by atoms with Crippen LogP contribution in [-0.2, 0) is 6.42 Å². The van der Waals surface area contributed by atoms with Crippen LogP contribution in [0.2, 0.25) is 0 Å². The molecule has 0 spiro atoms. The molecule has 3 aromatic rings. The molecule has 5 rings (SSSR count). The van der Waals surface area contributed by atoms with Gasteiger partial charge >= 0.3 is 0 Å². The van der Waals surface area contributed by atoms with Gasteiger partial charge in [-0.05, 0) is 73.5 Å². The number of piperazine rings is 1. The molecular weight excluding hydrogens is 422 g/mol. The first-order valence-electron chi connectivity index (χ1n) is 11.8. The molecule has 174 valence electrons. The maximum Gasteiger partial charge on any atom is 0.227 e. The van der Waals surface area contributed by atoms with E-state index >= 15 is 0 Å². The van der Waals surface area contributed by atoms with E-state index in [1.54, 1.807) is 6.20 Å². The Labute approximate surface area is 201 Å². The van der Waals surface area contributed by atoms with Crippen LogP contribution in [0.4, 0.5) is 11.6 Å². The fourth-order valence-electron chi connectivity index (χ4n) is 4.31. The molecule has 1 saturated heterocycles. The first kappa shape index (κ1) is 22.2. The fraction of sp³-hybridized carbons (Fsp3) is 0.286. The van der Waals surface area contributed by atoms with Gasteiger partial charge in [0.1, 0.15) is 12.4 Å². The fourth-order valence-corrected chi connectivity index (χ4v) is 4.31. The predicted octanol–water partition coefficient (Wildman–Crippen LogP) is 4.99. The van der Waals surface area contributed by atoms with Crippen LogP contribution in [0.25, 0.3) is 17.0 Å². The normalized spacial score (nSPS) is 17.9. The molecule has 34 heavy (non-hydrogen) atoms. The summed E-state index contributed by atoms with van der Waals surface area (Å²) in [6.07, 6.45) is 4.84. The third-order valence-corrected chi connectivity index (χ3v) is 6.41. The van der Waals surface area contributed by atoms with E-state index < -0.39 is 0 Å². The highest BCUT2D eigenvalue weighted by atomic mass is 16.5. The number of aromatic nitrogens is 2. The van der Waals surface area contributed by atoms with Crippen LogP contribution in [0.1, 0.15) is 18.1 Å². The van der Waals surface area contributed by atoms with E-state index in [0.29, 0.717) is 12.6 Å². The van der Waals surface area contributed by atoms with Crippen LogP contribution >= 0.6 is 0 Å². The van der Waals surface area contributed by atoms with Crippen LogP contribution in [0.15, 0.2) is 73.0 Å². The van der Waals surface area contributed by atoms with Crippen LogP contribution in [0, 0.1) is 0 Å². The van der Waals surface area contributed by atoms with Crippen LogP contribution < -0.4 is 10.1 Å². The quantitative estimate of drug-likeness (QED) is 0.552. The number of likely N-dealkylation sites (N-methyl/N-ethyl adjacent to an activating group) is 1. The number of fused-ring (bicyclic) bond motifs is 7. The van der Waals surface area contributed by atoms with E-state index in [1.165, 1.54) is 11.1 Å². The SMILES string of the molecule is C=C(c1cc2cc(c1)Nc1nccc(n1)-c1cccc(c1)OC/C(C)=C\C2)N1CCN(C)CC1. The van der Waals surface area contributed by atoms with Crippen molar-refractivity contribution in [2.75, 3.05) is 45.2 Å². The van der Waals surface area contributed by atoms with Crippen molar-refractivity contribution in [3.63, 3.8) is 0 Å². The largest absolute Gasteiger partial charge is 0.489 e. The molecule has 2 aromatic carbocycles. The Morgan fingerprint density at radius 3 is 2.76 bits per heavy atom. The van der Waals surface area contributed by atoms with Crippen molar-refractivity contribution in [2.24, 2.45) is 0 Å². The number of ether oxygens (including phenoxy) is 1. The van der Waals surface area contributed by atoms with Gasteiger partial charge in [-0.25, -0.2) is 9.97 Å². The molecule has 0 unspecified atom stereocenters. The molecule has 2 aliphatic heterocycles. The summed E-state index contributed by atoms with van der Waals surface area (Å²) in [5.74, 6) is 1.40. The van der Waals surface area contributed by atoms with E-state index in [-0.39, 0.29) is 0 Å². The maximum absolute atomic E-state index is 6.06. The van der Waals surface area contributed by atoms with Crippen LogP contribution in [0.5, 0.6) is 5.75 Å². The van der Waals surface area contributed by atoms with Gasteiger partial charge in [-0.3, -0.25) is 0 Å². The summed E-state index contributed by atoms with van der Waals surface area (Å²) >= 11 is 0. The summed E-state index contributed by atoms with van der Waals surface area (Å²) in [6, 6.07) is 16.5. The van der Waals surface area contributed by atoms with Crippen LogP contribution in [-0.4, -0.2) is 59.6 Å². The smallest absolute Gasteiger partial charge is 0.227 e. The van der Waals surface area contributed by atoms with Crippen molar-refractivity contribution >= 4 is 17.3 Å². The van der Waals surface area contributed by atoms with E-state index in [9.17, 15) is 0 Å². The Morgan fingerprint density at radius 2 is 1.91 bits per heavy atom. The maximum atomic E-state index is 6.06. The third kappa shape index (κ3) is 5.13. The molecule has 0 atom stereocenters. The standard InChI is InChI=1S/C28H31N5O/c1-20-7-8-22-15-24(21(2)33-13-11-32(3)12-14-33)17-25(16-22)30-28-29-10-9-27(31-28)23-5-4-6-26(18-23)34-19-20/h4-7,9-10,15-18H,2,8,11-14,19H2,1,3H3,(H,29,30,31)/b20-7-. The molecule has 6 nitrogen and oxygen atoms in total. The summed E-state index contributed by atoms with van der Waals surface area (Å²) < 4.78 is 6.06. The molecule has 0 saturated carbocycles. The van der Waals surface area contributed by atoms with Gasteiger partial charge in [0.2, 0.25) is 5.95 Å². The number of hydrogen-bond acceptors (Lipinski definition) is 6. The lowest BCUT2D eigenvalue weighted by molar-refractivity contribution is 0.207. The highest BCUT2D eigenvalue weighted by molar-refractivity contribution is 5.70. The zero-order valence-electron chi connectivity index (χ0n) is 19.9. The second-order valence-corrected chi connectivity index (χ2v) is 9.12. The number of anilines is 2. The average molecular weight is 454 g/mol. The zero-order chi connectivity index (χ0) is 23.5. The van der Waals surface area contributed by atoms with Gasteiger partial charge in [0.25, 0.3) is 0 Å².